The standard InChI is InChI=1S/C12H24N2OS/c16-10-9-15-8-7-13-4-2-6-14-5-1-3-12(14)11-13/h12,16H,1-11H2. The quantitative estimate of drug-likeness (QED) is 0.576. The second-order valence-corrected chi connectivity index (χ2v) is 5.27. The highest BCUT2D eigenvalue weighted by Crippen LogP contribution is 2.20. The van der Waals surface area contributed by atoms with E-state index < -0.39 is 0 Å². The summed E-state index contributed by atoms with van der Waals surface area (Å²) < 4.78 is 5.51. The molecule has 3 nitrogen and oxygen atoms in total. The monoisotopic (exact) mass is 244 g/mol. The first-order valence-electron chi connectivity index (χ1n) is 6.55. The molecule has 0 amide bonds. The lowest BCUT2D eigenvalue weighted by atomic mass is 10.2. The van der Waals surface area contributed by atoms with E-state index in [1.54, 1.807) is 0 Å². The van der Waals surface area contributed by atoms with Crippen LogP contribution < -0.4 is 0 Å². The molecular formula is C12H24N2OS. The Morgan fingerprint density at radius 2 is 2.00 bits per heavy atom. The van der Waals surface area contributed by atoms with Crippen molar-refractivity contribution in [2.45, 2.75) is 25.3 Å². The van der Waals surface area contributed by atoms with E-state index in [2.05, 4.69) is 22.4 Å². The van der Waals surface area contributed by atoms with Crippen molar-refractivity contribution in [1.29, 1.82) is 0 Å². The summed E-state index contributed by atoms with van der Waals surface area (Å²) in [5.41, 5.74) is 0. The van der Waals surface area contributed by atoms with Gasteiger partial charge in [-0.15, -0.1) is 0 Å². The zero-order chi connectivity index (χ0) is 11.2. The normalized spacial score (nSPS) is 27.9. The maximum Gasteiger partial charge on any atom is 0.0593 e. The minimum absolute atomic E-state index is 0.784. The van der Waals surface area contributed by atoms with Gasteiger partial charge in [0.2, 0.25) is 0 Å². The summed E-state index contributed by atoms with van der Waals surface area (Å²) in [6, 6.07) is 0.826. The molecule has 0 saturated carbocycles. The van der Waals surface area contributed by atoms with Crippen molar-refractivity contribution in [2.24, 2.45) is 0 Å². The van der Waals surface area contributed by atoms with Crippen molar-refractivity contribution in [3.05, 3.63) is 0 Å². The Morgan fingerprint density at radius 1 is 1.12 bits per heavy atom. The largest absolute Gasteiger partial charge is 0.379 e. The Morgan fingerprint density at radius 3 is 2.88 bits per heavy atom. The molecule has 0 spiro atoms. The van der Waals surface area contributed by atoms with Crippen molar-refractivity contribution in [1.82, 2.24) is 9.80 Å². The molecule has 4 heteroatoms. The summed E-state index contributed by atoms with van der Waals surface area (Å²) >= 11 is 4.14. The molecule has 0 aromatic carbocycles. The first-order chi connectivity index (χ1) is 7.90. The number of ether oxygens (including phenoxy) is 1. The van der Waals surface area contributed by atoms with Gasteiger partial charge in [0.1, 0.15) is 0 Å². The third-order valence-electron chi connectivity index (χ3n) is 3.68. The number of hydrogen-bond acceptors (Lipinski definition) is 4. The van der Waals surface area contributed by atoms with Crippen molar-refractivity contribution >= 4 is 12.6 Å². The Labute approximate surface area is 105 Å². The summed E-state index contributed by atoms with van der Waals surface area (Å²) in [6.07, 6.45) is 4.12. The molecule has 2 fully saturated rings. The molecule has 2 aliphatic rings. The summed E-state index contributed by atoms with van der Waals surface area (Å²) in [6.45, 7) is 7.88. The number of thiol groups is 1. The Kier molecular flexibility index (Phi) is 5.42. The molecule has 0 N–H and O–H groups in total. The van der Waals surface area contributed by atoms with Gasteiger partial charge < -0.3 is 4.74 Å². The summed E-state index contributed by atoms with van der Waals surface area (Å²) in [7, 11) is 0. The smallest absolute Gasteiger partial charge is 0.0593 e. The van der Waals surface area contributed by atoms with Crippen LogP contribution in [0.25, 0.3) is 0 Å². The van der Waals surface area contributed by atoms with Crippen LogP contribution in [0.2, 0.25) is 0 Å². The van der Waals surface area contributed by atoms with Crippen molar-refractivity contribution in [3.63, 3.8) is 0 Å². The molecule has 0 aromatic rings. The summed E-state index contributed by atoms with van der Waals surface area (Å²) in [5.74, 6) is 0.830. The second-order valence-electron chi connectivity index (χ2n) is 4.82. The zero-order valence-corrected chi connectivity index (χ0v) is 11.0. The zero-order valence-electron chi connectivity index (χ0n) is 10.1. The Bertz CT molecular complexity index is 203. The van der Waals surface area contributed by atoms with E-state index in [1.165, 1.54) is 45.4 Å². The predicted octanol–water partition coefficient (Wildman–Crippen LogP) is 1.10. The third-order valence-corrected chi connectivity index (χ3v) is 3.86. The van der Waals surface area contributed by atoms with Gasteiger partial charge in [0.05, 0.1) is 13.2 Å². The first kappa shape index (κ1) is 12.7. The van der Waals surface area contributed by atoms with Crippen molar-refractivity contribution < 1.29 is 4.74 Å². The minimum atomic E-state index is 0.784. The molecule has 0 bridgehead atoms. The summed E-state index contributed by atoms with van der Waals surface area (Å²) in [4.78, 5) is 5.25. The SMILES string of the molecule is SCCOCCN1CCCN2CCCC2C1. The molecule has 0 aliphatic carbocycles. The van der Waals surface area contributed by atoms with E-state index in [0.29, 0.717) is 0 Å². The van der Waals surface area contributed by atoms with Crippen LogP contribution >= 0.6 is 12.6 Å². The molecule has 2 aliphatic heterocycles. The molecule has 16 heavy (non-hydrogen) atoms. The van der Waals surface area contributed by atoms with Gasteiger partial charge >= 0.3 is 0 Å². The fourth-order valence-electron chi connectivity index (χ4n) is 2.85. The molecule has 2 rings (SSSR count). The van der Waals surface area contributed by atoms with Gasteiger partial charge in [0, 0.05) is 24.9 Å². The van der Waals surface area contributed by atoms with Gasteiger partial charge in [0.15, 0.2) is 0 Å². The lowest BCUT2D eigenvalue weighted by Crippen LogP contribution is -2.38. The van der Waals surface area contributed by atoms with Crippen LogP contribution in [0.15, 0.2) is 0 Å². The first-order valence-corrected chi connectivity index (χ1v) is 7.18. The van der Waals surface area contributed by atoms with Crippen LogP contribution in [0, 0.1) is 0 Å². The molecule has 94 valence electrons. The highest BCUT2D eigenvalue weighted by Gasteiger charge is 2.28. The number of hydrogen-bond donors (Lipinski definition) is 1. The molecule has 0 radical (unpaired) electrons. The fraction of sp³-hybridized carbons (Fsp3) is 1.00. The summed E-state index contributed by atoms with van der Waals surface area (Å²) in [5, 5.41) is 0. The molecule has 2 saturated heterocycles. The van der Waals surface area contributed by atoms with Crippen LogP contribution in [0.4, 0.5) is 0 Å². The van der Waals surface area contributed by atoms with Gasteiger partial charge in [-0.2, -0.15) is 12.6 Å². The molecule has 0 aromatic heterocycles. The van der Waals surface area contributed by atoms with E-state index in [9.17, 15) is 0 Å². The van der Waals surface area contributed by atoms with Crippen molar-refractivity contribution in [3.8, 4) is 0 Å². The van der Waals surface area contributed by atoms with Crippen LogP contribution in [0.3, 0.4) is 0 Å². The molecular weight excluding hydrogens is 220 g/mol. The van der Waals surface area contributed by atoms with E-state index in [0.717, 1.165) is 31.6 Å². The van der Waals surface area contributed by atoms with Crippen molar-refractivity contribution in [2.75, 3.05) is 51.7 Å². The third kappa shape index (κ3) is 3.62. The van der Waals surface area contributed by atoms with Crippen LogP contribution in [-0.2, 0) is 4.74 Å². The maximum absolute atomic E-state index is 5.51. The van der Waals surface area contributed by atoms with E-state index in [4.69, 9.17) is 4.74 Å². The average Bonchev–Trinajstić information content (AvgIpc) is 2.63. The fourth-order valence-corrected chi connectivity index (χ4v) is 2.98. The van der Waals surface area contributed by atoms with E-state index >= 15 is 0 Å². The number of nitrogens with zero attached hydrogens (tertiary/aromatic N) is 2. The molecule has 1 atom stereocenters. The van der Waals surface area contributed by atoms with E-state index in [-0.39, 0.29) is 0 Å². The van der Waals surface area contributed by atoms with E-state index in [1.807, 2.05) is 0 Å². The molecule has 2 heterocycles. The highest BCUT2D eigenvalue weighted by molar-refractivity contribution is 7.80. The predicted molar refractivity (Wildman–Crippen MR) is 70.3 cm³/mol. The number of fused-ring (bicyclic) bond motifs is 1. The van der Waals surface area contributed by atoms with Crippen LogP contribution in [0.1, 0.15) is 19.3 Å². The lowest BCUT2D eigenvalue weighted by molar-refractivity contribution is 0.111. The average molecular weight is 244 g/mol. The van der Waals surface area contributed by atoms with Gasteiger partial charge in [-0.3, -0.25) is 9.80 Å². The van der Waals surface area contributed by atoms with Gasteiger partial charge in [0.25, 0.3) is 0 Å². The van der Waals surface area contributed by atoms with Crippen LogP contribution in [0.5, 0.6) is 0 Å². The van der Waals surface area contributed by atoms with Crippen LogP contribution in [-0.4, -0.2) is 67.5 Å². The topological polar surface area (TPSA) is 15.7 Å². The lowest BCUT2D eigenvalue weighted by Gasteiger charge is -2.25. The molecule has 1 unspecified atom stereocenters. The Hall–Kier alpha value is 0.230. The Balaban J connectivity index is 1.69. The number of rotatable bonds is 5. The minimum Gasteiger partial charge on any atom is -0.379 e. The van der Waals surface area contributed by atoms with Gasteiger partial charge in [-0.25, -0.2) is 0 Å². The second kappa shape index (κ2) is 6.84. The maximum atomic E-state index is 5.51. The van der Waals surface area contributed by atoms with Gasteiger partial charge in [-0.1, -0.05) is 0 Å². The highest BCUT2D eigenvalue weighted by atomic mass is 32.1. The van der Waals surface area contributed by atoms with Gasteiger partial charge in [-0.05, 0) is 38.9 Å².